The number of hydrogen-bond donors (Lipinski definition) is 2. The van der Waals surface area contributed by atoms with Crippen LogP contribution in [-0.4, -0.2) is 259 Å². The molecule has 12 aliphatic heterocycles. The lowest BCUT2D eigenvalue weighted by Gasteiger charge is -2.61. The van der Waals surface area contributed by atoms with Crippen LogP contribution < -0.4 is 43.6 Å². The summed E-state index contributed by atoms with van der Waals surface area (Å²) < 4.78 is 48.7. The number of likely N-dealkylation sites (N-methyl/N-ethyl adjacent to an activating group) is 3. The number of nitriles is 3. The molecule has 2 N–H and O–H groups in total. The Hall–Kier alpha value is -11.6. The average molecular weight is 1700 g/mol. The number of anilines is 6. The Labute approximate surface area is 725 Å². The molecule has 10 fully saturated rings. The summed E-state index contributed by atoms with van der Waals surface area (Å²) in [6.45, 7) is 29.9. The summed E-state index contributed by atoms with van der Waals surface area (Å²) in [7, 11) is 6.33. The maximum Gasteiger partial charge on any atom is 0.245 e. The van der Waals surface area contributed by atoms with Crippen LogP contribution in [0, 0.1) is 68.8 Å². The first-order valence-electron chi connectivity index (χ1n) is 43.7. The van der Waals surface area contributed by atoms with Gasteiger partial charge >= 0.3 is 0 Å². The molecule has 13 aliphatic rings. The van der Waals surface area contributed by atoms with Crippen LogP contribution in [0.3, 0.4) is 0 Å². The fourth-order valence-corrected chi connectivity index (χ4v) is 22.2. The average Bonchev–Trinajstić information content (AvgIpc) is 0.775. The number of aromatic nitrogens is 7. The van der Waals surface area contributed by atoms with Crippen molar-refractivity contribution in [2.75, 3.05) is 188 Å². The van der Waals surface area contributed by atoms with Crippen LogP contribution in [0.5, 0.6) is 17.6 Å². The van der Waals surface area contributed by atoms with Crippen LogP contribution in [0.1, 0.15) is 119 Å². The largest absolute Gasteiger partial charge is 0.475 e. The Balaban J connectivity index is 0.000000122. The number of aromatic amines is 2. The van der Waals surface area contributed by atoms with E-state index in [4.69, 9.17) is 40.8 Å². The number of carbonyl (C=O) groups excluding carboxylic acids is 3. The summed E-state index contributed by atoms with van der Waals surface area (Å²) in [5.41, 5.74) is 16.7. The first-order valence-corrected chi connectivity index (χ1v) is 44.1. The lowest BCUT2D eigenvalue weighted by Crippen LogP contribution is -2.73. The second kappa shape index (κ2) is 32.8. The number of likely N-dealkylation sites (tertiary alicyclic amines) is 6. The van der Waals surface area contributed by atoms with Crippen molar-refractivity contribution < 1.29 is 37.4 Å². The zero-order valence-electron chi connectivity index (χ0n) is 71.1. The zero-order valence-corrected chi connectivity index (χ0v) is 71.8. The van der Waals surface area contributed by atoms with Gasteiger partial charge in [0.05, 0.1) is 94.3 Å². The summed E-state index contributed by atoms with van der Waals surface area (Å²) in [4.78, 5) is 76.9. The lowest BCUT2D eigenvalue weighted by atomic mass is 9.72. The van der Waals surface area contributed by atoms with Gasteiger partial charge in [0.1, 0.15) is 71.4 Å². The Morgan fingerprint density at radius 1 is 0.492 bits per heavy atom. The number of hydrogen-bond acceptors (Lipinski definition) is 23. The molecule has 644 valence electrons. The molecule has 1 aliphatic carbocycles. The molecule has 17 heterocycles. The first-order chi connectivity index (χ1) is 60.1. The third-order valence-corrected chi connectivity index (χ3v) is 28.9. The van der Waals surface area contributed by atoms with E-state index in [-0.39, 0.29) is 50.8 Å². The van der Waals surface area contributed by atoms with Gasteiger partial charge in [-0.05, 0) is 166 Å². The Bertz CT molecular complexity index is 5730. The minimum absolute atomic E-state index is 0.00560. The maximum absolute atomic E-state index is 14.9. The van der Waals surface area contributed by atoms with Crippen molar-refractivity contribution >= 4 is 85.3 Å². The number of pyridine rings is 3. The van der Waals surface area contributed by atoms with Crippen LogP contribution in [0.2, 0.25) is 5.02 Å². The molecule has 0 bridgehead atoms. The normalized spacial score (nSPS) is 21.9. The molecule has 1 saturated carbocycles. The molecule has 0 unspecified atom stereocenters. The van der Waals surface area contributed by atoms with Gasteiger partial charge in [-0.3, -0.25) is 24.6 Å². The second-order valence-corrected chi connectivity index (χ2v) is 37.3. The Morgan fingerprint density at radius 3 is 1.23 bits per heavy atom. The molecule has 3 aromatic carbocycles. The lowest BCUT2D eigenvalue weighted by molar-refractivity contribution is -0.140. The third kappa shape index (κ3) is 14.8. The van der Waals surface area contributed by atoms with Crippen molar-refractivity contribution in [1.82, 2.24) is 64.7 Å². The molecule has 0 radical (unpaired) electrons. The number of ether oxygens (including phenoxy) is 3. The molecule has 31 heteroatoms. The fraction of sp³-hybridized carbons (Fsp3) is 0.495. The van der Waals surface area contributed by atoms with Crippen LogP contribution in [0.25, 0.3) is 21.8 Å². The molecule has 3 amide bonds. The van der Waals surface area contributed by atoms with Gasteiger partial charge in [-0.25, -0.2) is 23.7 Å². The van der Waals surface area contributed by atoms with Gasteiger partial charge in [-0.1, -0.05) is 49.5 Å². The van der Waals surface area contributed by atoms with E-state index in [1.54, 1.807) is 17.2 Å². The van der Waals surface area contributed by atoms with E-state index in [2.05, 4.69) is 126 Å². The number of halogens is 3. The molecule has 5 aromatic heterocycles. The highest BCUT2D eigenvalue weighted by Gasteiger charge is 2.57. The zero-order chi connectivity index (χ0) is 85.8. The van der Waals surface area contributed by atoms with E-state index >= 15 is 0 Å². The third-order valence-electron chi connectivity index (χ3n) is 28.6. The smallest absolute Gasteiger partial charge is 0.245 e. The molecule has 3 atom stereocenters. The highest BCUT2D eigenvalue weighted by molar-refractivity contribution is 6.35. The van der Waals surface area contributed by atoms with Gasteiger partial charge in [0.2, 0.25) is 35.4 Å². The van der Waals surface area contributed by atoms with Gasteiger partial charge in [-0.15, -0.1) is 0 Å². The number of amides is 3. The van der Waals surface area contributed by atoms with E-state index in [9.17, 15) is 39.0 Å². The summed E-state index contributed by atoms with van der Waals surface area (Å²) in [6, 6.07) is 19.2. The summed E-state index contributed by atoms with van der Waals surface area (Å²) in [5, 5.41) is 47.7. The number of nitrogens with one attached hydrogen (secondary N) is 2. The summed E-state index contributed by atoms with van der Waals surface area (Å²) in [5.74, 6) is 0.942. The van der Waals surface area contributed by atoms with E-state index in [1.165, 1.54) is 60.0 Å². The van der Waals surface area contributed by atoms with Crippen LogP contribution in [0.15, 0.2) is 86.8 Å². The van der Waals surface area contributed by atoms with E-state index in [0.29, 0.717) is 161 Å². The molecular formula is C93H105ClF2N22O6. The van der Waals surface area contributed by atoms with Crippen LogP contribution >= 0.6 is 11.6 Å². The Morgan fingerprint density at radius 2 is 0.871 bits per heavy atom. The minimum Gasteiger partial charge on any atom is -0.475 e. The van der Waals surface area contributed by atoms with E-state index in [0.717, 1.165) is 191 Å². The minimum atomic E-state index is -0.511. The molecule has 28 nitrogen and oxygen atoms in total. The van der Waals surface area contributed by atoms with E-state index < -0.39 is 5.82 Å². The number of para-hydroxylation sites is 1. The molecule has 3 spiro atoms. The maximum atomic E-state index is 14.9. The number of H-pyrrole nitrogens is 2. The highest BCUT2D eigenvalue weighted by Crippen LogP contribution is 2.53. The summed E-state index contributed by atoms with van der Waals surface area (Å²) >= 11 is 6.52. The van der Waals surface area contributed by atoms with Gasteiger partial charge < -0.3 is 73.0 Å². The van der Waals surface area contributed by atoms with Crippen molar-refractivity contribution in [2.24, 2.45) is 16.2 Å². The highest BCUT2D eigenvalue weighted by atomic mass is 35.5. The summed E-state index contributed by atoms with van der Waals surface area (Å²) in [6.07, 6.45) is 18.9. The number of aryl methyl sites for hydroxylation is 1. The van der Waals surface area contributed by atoms with Crippen molar-refractivity contribution in [1.29, 1.82) is 15.8 Å². The molecule has 124 heavy (non-hydrogen) atoms. The first kappa shape index (κ1) is 82.0. The van der Waals surface area contributed by atoms with Crippen molar-refractivity contribution in [3.63, 3.8) is 0 Å². The van der Waals surface area contributed by atoms with Crippen LogP contribution in [-0.2, 0) is 53.3 Å². The Kier molecular flexibility index (Phi) is 21.7. The van der Waals surface area contributed by atoms with Crippen molar-refractivity contribution in [2.45, 2.75) is 121 Å². The van der Waals surface area contributed by atoms with Crippen molar-refractivity contribution in [3.8, 4) is 35.8 Å². The quantitative estimate of drug-likeness (QED) is 0.0711. The van der Waals surface area contributed by atoms with E-state index in [1.807, 2.05) is 38.8 Å². The molecule has 9 saturated heterocycles. The number of nitrogens with zero attached hydrogens (tertiary/aromatic N) is 20. The number of rotatable bonds is 19. The standard InChI is InChI=1S/C33H38N8O2.C30H32ClFN8O2.C30H35FN6O2/c1-3-29(42)40-17-33(18-40)19-41(20-33)31-24-10-12-39(30-23(21-6-7-21)8-9-27-26(30)14-35-37-27)15-28(24)36-32(25(31)13-34)43-16-22-5-4-11-38(22)2;1-3-25(41)39-14-30(15-39)16-40(17-30)27-19-6-8-38(28-21-11-34-36-23(21)9-22(32)26(28)31)12-24(19)35-29(20(27)10-33)42-13-18-5-4-7-37(18)2;1-4-26(38)36-16-30(17-36)18-37(19-30)28-22-10-12-35(27-20(2)7-5-9-24(27)31)14-25(22)33-29(23(28)13-32)39-15-21-8-6-11-34(21)3/h3,8-9,14,21-22H,1,4-7,10-12,15-20H2,2H3,(H,35,37);3,9,11,18H,1,4-8,12-17H2,2H3,(H,34,36);4-5,7,9,21H,1,6,8,10-12,14-19H2,2-3H3/t22-;18-;21-/m000/s1. The topological polar surface area (TPSA) is 285 Å². The molecule has 21 rings (SSSR count). The predicted molar refractivity (Wildman–Crippen MR) is 469 cm³/mol. The second-order valence-electron chi connectivity index (χ2n) is 36.9. The van der Waals surface area contributed by atoms with Crippen molar-refractivity contribution in [3.05, 3.63) is 165 Å². The number of benzene rings is 3. The van der Waals surface area contributed by atoms with Gasteiger partial charge in [0, 0.05) is 166 Å². The fourth-order valence-electron chi connectivity index (χ4n) is 21.9. The number of carbonyl (C=O) groups is 3. The number of fused-ring (bicyclic) bond motifs is 5. The van der Waals surface area contributed by atoms with Gasteiger partial charge in [0.15, 0.2) is 0 Å². The van der Waals surface area contributed by atoms with Gasteiger partial charge in [0.25, 0.3) is 0 Å². The molecular weight excluding hydrogens is 1590 g/mol. The monoisotopic (exact) mass is 1700 g/mol. The molecule has 8 aromatic rings. The van der Waals surface area contributed by atoms with Crippen LogP contribution in [0.4, 0.5) is 42.9 Å². The predicted octanol–water partition coefficient (Wildman–Crippen LogP) is 10.3. The van der Waals surface area contributed by atoms with Gasteiger partial charge in [-0.2, -0.15) is 26.0 Å². The SMILES string of the molecule is C=CC(=O)N1CC2(C1)CN(c1c(C#N)c(OC[C@@H]3CCCN3C)nc3c1CCN(c1c(C)cccc1F)C3)C2.C=CC(=O)N1CC2(C1)CN(c1c(C#N)c(OC[C@@H]3CCCN3C)nc3c1CCN(c1c(C4CC4)ccc4[nH]ncc14)C3)C2.C=CC(=O)N1CC2(C1)CN(c1c(C#N)c(OC[C@@H]3CCCN3C)nc3c1CCN(c1c(Cl)c(F)cc4[nH]ncc14)C3)C2.